The largest absolute Gasteiger partial charge is 0.324 e. The molecular weight excluding hydrogens is 262 g/mol. The van der Waals surface area contributed by atoms with Crippen LogP contribution >= 0.6 is 0 Å². The fourth-order valence-corrected chi connectivity index (χ4v) is 3.11. The fraction of sp³-hybridized carbons (Fsp3) is 0.941. The molecule has 0 saturated carbocycles. The summed E-state index contributed by atoms with van der Waals surface area (Å²) in [6, 6.07) is 0.0404. The Balaban J connectivity index is 2.61. The SMILES string of the molecule is CCCCC1NC(C(C)C)N(CCN(CC)CCC)C1=O. The number of hydrogen-bond acceptors (Lipinski definition) is 3. The van der Waals surface area contributed by atoms with Crippen molar-refractivity contribution in [3.05, 3.63) is 0 Å². The van der Waals surface area contributed by atoms with Crippen LogP contribution in [0.5, 0.6) is 0 Å². The van der Waals surface area contributed by atoms with Gasteiger partial charge in [0.05, 0.1) is 12.2 Å². The molecule has 1 rings (SSSR count). The molecule has 2 unspecified atom stereocenters. The van der Waals surface area contributed by atoms with Gasteiger partial charge in [-0.15, -0.1) is 0 Å². The quantitative estimate of drug-likeness (QED) is 0.673. The molecule has 1 amide bonds. The Labute approximate surface area is 131 Å². The second-order valence-corrected chi connectivity index (χ2v) is 6.52. The van der Waals surface area contributed by atoms with Crippen LogP contribution in [0.15, 0.2) is 0 Å². The highest BCUT2D eigenvalue weighted by atomic mass is 16.2. The molecule has 2 atom stereocenters. The van der Waals surface area contributed by atoms with Crippen molar-refractivity contribution < 1.29 is 4.79 Å². The molecule has 0 radical (unpaired) electrons. The van der Waals surface area contributed by atoms with E-state index in [0.29, 0.717) is 11.8 Å². The molecule has 4 nitrogen and oxygen atoms in total. The lowest BCUT2D eigenvalue weighted by Gasteiger charge is -2.30. The Hall–Kier alpha value is -0.610. The van der Waals surface area contributed by atoms with Crippen molar-refractivity contribution in [1.82, 2.24) is 15.1 Å². The van der Waals surface area contributed by atoms with E-state index >= 15 is 0 Å². The van der Waals surface area contributed by atoms with Crippen molar-refractivity contribution >= 4 is 5.91 Å². The number of likely N-dealkylation sites (N-methyl/N-ethyl adjacent to an activating group) is 1. The molecular formula is C17H35N3O. The number of unbranched alkanes of at least 4 members (excludes halogenated alkanes) is 1. The fourth-order valence-electron chi connectivity index (χ4n) is 3.11. The van der Waals surface area contributed by atoms with Crippen LogP contribution in [0.3, 0.4) is 0 Å². The topological polar surface area (TPSA) is 35.6 Å². The summed E-state index contributed by atoms with van der Waals surface area (Å²) in [6.07, 6.45) is 4.63. The van der Waals surface area contributed by atoms with Crippen LogP contribution in [-0.2, 0) is 4.79 Å². The average molecular weight is 297 g/mol. The molecule has 124 valence electrons. The van der Waals surface area contributed by atoms with Crippen LogP contribution < -0.4 is 5.32 Å². The maximum atomic E-state index is 12.6. The molecule has 21 heavy (non-hydrogen) atoms. The molecule has 1 N–H and O–H groups in total. The third-order valence-corrected chi connectivity index (χ3v) is 4.41. The van der Waals surface area contributed by atoms with Gasteiger partial charge in [0.15, 0.2) is 0 Å². The molecule has 0 aromatic rings. The first-order chi connectivity index (χ1) is 10.0. The Morgan fingerprint density at radius 1 is 1.19 bits per heavy atom. The number of rotatable bonds is 10. The highest BCUT2D eigenvalue weighted by Gasteiger charge is 2.39. The molecule has 1 aliphatic rings. The minimum absolute atomic E-state index is 0.0404. The summed E-state index contributed by atoms with van der Waals surface area (Å²) in [7, 11) is 0. The zero-order valence-corrected chi connectivity index (χ0v) is 14.7. The Kier molecular flexibility index (Phi) is 8.27. The highest BCUT2D eigenvalue weighted by molar-refractivity contribution is 5.84. The number of amides is 1. The van der Waals surface area contributed by atoms with E-state index < -0.39 is 0 Å². The first kappa shape index (κ1) is 18.4. The summed E-state index contributed by atoms with van der Waals surface area (Å²) in [4.78, 5) is 17.2. The van der Waals surface area contributed by atoms with Crippen LogP contribution in [-0.4, -0.2) is 54.1 Å². The van der Waals surface area contributed by atoms with E-state index in [1.54, 1.807) is 0 Å². The number of carbonyl (C=O) groups excluding carboxylic acids is 1. The lowest BCUT2D eigenvalue weighted by Crippen LogP contribution is -2.45. The predicted molar refractivity (Wildman–Crippen MR) is 89.2 cm³/mol. The van der Waals surface area contributed by atoms with Gasteiger partial charge in [-0.1, -0.05) is 47.5 Å². The van der Waals surface area contributed by atoms with E-state index in [0.717, 1.165) is 45.4 Å². The summed E-state index contributed by atoms with van der Waals surface area (Å²) < 4.78 is 0. The first-order valence-electron chi connectivity index (χ1n) is 8.83. The van der Waals surface area contributed by atoms with Crippen LogP contribution in [0, 0.1) is 5.92 Å². The van der Waals surface area contributed by atoms with Crippen LogP contribution in [0.1, 0.15) is 60.3 Å². The van der Waals surface area contributed by atoms with E-state index in [9.17, 15) is 4.79 Å². The minimum Gasteiger partial charge on any atom is -0.324 e. The van der Waals surface area contributed by atoms with E-state index in [2.05, 4.69) is 49.7 Å². The van der Waals surface area contributed by atoms with E-state index in [-0.39, 0.29) is 12.2 Å². The minimum atomic E-state index is 0.0404. The zero-order chi connectivity index (χ0) is 15.8. The normalized spacial score (nSPS) is 22.8. The van der Waals surface area contributed by atoms with Crippen LogP contribution in [0.25, 0.3) is 0 Å². The molecule has 1 heterocycles. The molecule has 0 aliphatic carbocycles. The number of nitrogens with one attached hydrogen (secondary N) is 1. The monoisotopic (exact) mass is 297 g/mol. The highest BCUT2D eigenvalue weighted by Crippen LogP contribution is 2.20. The molecule has 1 saturated heterocycles. The van der Waals surface area contributed by atoms with E-state index in [1.807, 2.05) is 0 Å². The number of nitrogens with zero attached hydrogens (tertiary/aromatic N) is 2. The average Bonchev–Trinajstić information content (AvgIpc) is 2.78. The molecule has 1 aliphatic heterocycles. The van der Waals surface area contributed by atoms with E-state index in [1.165, 1.54) is 6.42 Å². The predicted octanol–water partition coefficient (Wildman–Crippen LogP) is 2.69. The van der Waals surface area contributed by atoms with Crippen molar-refractivity contribution in [2.24, 2.45) is 5.92 Å². The van der Waals surface area contributed by atoms with Gasteiger partial charge in [0, 0.05) is 13.1 Å². The van der Waals surface area contributed by atoms with Crippen LogP contribution in [0.2, 0.25) is 0 Å². The third kappa shape index (κ3) is 5.26. The number of carbonyl (C=O) groups is 1. The molecule has 0 spiro atoms. The molecule has 4 heteroatoms. The summed E-state index contributed by atoms with van der Waals surface area (Å²) in [5, 5.41) is 3.56. The lowest BCUT2D eigenvalue weighted by molar-refractivity contribution is -0.130. The summed E-state index contributed by atoms with van der Waals surface area (Å²) in [5.41, 5.74) is 0. The first-order valence-corrected chi connectivity index (χ1v) is 8.83. The smallest absolute Gasteiger partial charge is 0.241 e. The Morgan fingerprint density at radius 2 is 1.90 bits per heavy atom. The molecule has 1 fully saturated rings. The maximum absolute atomic E-state index is 12.6. The number of hydrogen-bond donors (Lipinski definition) is 1. The van der Waals surface area contributed by atoms with E-state index in [4.69, 9.17) is 0 Å². The van der Waals surface area contributed by atoms with Gasteiger partial charge in [0.1, 0.15) is 0 Å². The van der Waals surface area contributed by atoms with Crippen molar-refractivity contribution in [3.63, 3.8) is 0 Å². The van der Waals surface area contributed by atoms with Gasteiger partial charge in [-0.2, -0.15) is 0 Å². The van der Waals surface area contributed by atoms with Gasteiger partial charge < -0.3 is 9.80 Å². The van der Waals surface area contributed by atoms with Crippen LogP contribution in [0.4, 0.5) is 0 Å². The van der Waals surface area contributed by atoms with Gasteiger partial charge in [-0.25, -0.2) is 0 Å². The summed E-state index contributed by atoms with van der Waals surface area (Å²) >= 11 is 0. The molecule has 0 bridgehead atoms. The van der Waals surface area contributed by atoms with Crippen molar-refractivity contribution in [3.8, 4) is 0 Å². The molecule has 0 aromatic heterocycles. The van der Waals surface area contributed by atoms with Gasteiger partial charge in [-0.05, 0) is 31.8 Å². The summed E-state index contributed by atoms with van der Waals surface area (Å²) in [6.45, 7) is 15.0. The van der Waals surface area contributed by atoms with Gasteiger partial charge >= 0.3 is 0 Å². The molecule has 0 aromatic carbocycles. The van der Waals surface area contributed by atoms with Gasteiger partial charge in [0.2, 0.25) is 5.91 Å². The Bertz CT molecular complexity index is 306. The van der Waals surface area contributed by atoms with Crippen molar-refractivity contribution in [1.29, 1.82) is 0 Å². The lowest BCUT2D eigenvalue weighted by atomic mass is 10.1. The third-order valence-electron chi connectivity index (χ3n) is 4.41. The standard InChI is InChI=1S/C17H35N3O/c1-6-9-10-15-17(21)20(16(18-15)14(4)5)13-12-19(8-3)11-7-2/h14-16,18H,6-13H2,1-5H3. The van der Waals surface area contributed by atoms with Gasteiger partial charge in [-0.3, -0.25) is 10.1 Å². The second kappa shape index (κ2) is 9.42. The van der Waals surface area contributed by atoms with Crippen molar-refractivity contribution in [2.75, 3.05) is 26.2 Å². The second-order valence-electron chi connectivity index (χ2n) is 6.52. The zero-order valence-electron chi connectivity index (χ0n) is 14.7. The van der Waals surface area contributed by atoms with Gasteiger partial charge in [0.25, 0.3) is 0 Å². The summed E-state index contributed by atoms with van der Waals surface area (Å²) in [5.74, 6) is 0.775. The van der Waals surface area contributed by atoms with Crippen molar-refractivity contribution in [2.45, 2.75) is 72.5 Å². The Morgan fingerprint density at radius 3 is 2.43 bits per heavy atom. The maximum Gasteiger partial charge on any atom is 0.241 e.